The molecule has 29 heavy (non-hydrogen) atoms. The molecule has 2 aromatic heterocycles. The second-order valence-corrected chi connectivity index (χ2v) is 10.3. The van der Waals surface area contributed by atoms with Gasteiger partial charge in [0.1, 0.15) is 0 Å². The molecule has 0 bridgehead atoms. The van der Waals surface area contributed by atoms with Crippen LogP contribution in [0.3, 0.4) is 0 Å². The second-order valence-electron chi connectivity index (χ2n) is 7.96. The molecule has 158 valence electrons. The maximum absolute atomic E-state index is 12.5. The zero-order valence-corrected chi connectivity index (χ0v) is 18.5. The van der Waals surface area contributed by atoms with Crippen molar-refractivity contribution in [3.8, 4) is 10.7 Å². The first-order valence-corrected chi connectivity index (χ1v) is 12.7. The Bertz CT molecular complexity index is 751. The molecular weight excluding hydrogens is 404 g/mol. The first-order chi connectivity index (χ1) is 14.3. The normalized spacial score (nSPS) is 19.4. The lowest BCUT2D eigenvalue weighted by Crippen LogP contribution is -2.40. The fourth-order valence-corrected chi connectivity index (χ4v) is 6.01. The fraction of sp³-hybridized carbons (Fsp3) is 0.667. The lowest BCUT2D eigenvalue weighted by Gasteiger charge is -2.30. The molecule has 1 amide bonds. The molecule has 4 rings (SSSR count). The summed E-state index contributed by atoms with van der Waals surface area (Å²) in [5.74, 6) is 2.72. The van der Waals surface area contributed by atoms with Gasteiger partial charge in [0.2, 0.25) is 17.6 Å². The van der Waals surface area contributed by atoms with Crippen molar-refractivity contribution in [3.63, 3.8) is 0 Å². The Balaban J connectivity index is 1.13. The summed E-state index contributed by atoms with van der Waals surface area (Å²) in [6.45, 7) is 3.25. The fourth-order valence-electron chi connectivity index (χ4n) is 4.15. The van der Waals surface area contributed by atoms with Crippen molar-refractivity contribution >= 4 is 29.0 Å². The molecule has 0 spiro atoms. The summed E-state index contributed by atoms with van der Waals surface area (Å²) >= 11 is 3.65. The van der Waals surface area contributed by atoms with Gasteiger partial charge >= 0.3 is 0 Å². The topological polar surface area (TPSA) is 71.3 Å². The number of carbonyl (C=O) groups excluding carboxylic acids is 1. The molecule has 0 aromatic carbocycles. The van der Waals surface area contributed by atoms with Gasteiger partial charge < -0.3 is 9.84 Å². The van der Waals surface area contributed by atoms with E-state index in [0.29, 0.717) is 18.3 Å². The summed E-state index contributed by atoms with van der Waals surface area (Å²) in [7, 11) is 0. The Morgan fingerprint density at radius 1 is 1.24 bits per heavy atom. The minimum Gasteiger partial charge on any atom is -0.355 e. The average Bonchev–Trinajstić information content (AvgIpc) is 3.44. The maximum Gasteiger partial charge on any atom is 0.241 e. The summed E-state index contributed by atoms with van der Waals surface area (Å²) in [4.78, 5) is 20.3. The van der Waals surface area contributed by atoms with Crippen LogP contribution in [0, 0.1) is 5.92 Å². The molecule has 1 N–H and O–H groups in total. The van der Waals surface area contributed by atoms with E-state index >= 15 is 0 Å². The molecule has 1 saturated carbocycles. The van der Waals surface area contributed by atoms with Gasteiger partial charge in [0, 0.05) is 23.5 Å². The van der Waals surface area contributed by atoms with E-state index in [2.05, 4.69) is 20.4 Å². The van der Waals surface area contributed by atoms with Crippen LogP contribution in [0.2, 0.25) is 0 Å². The average molecular weight is 435 g/mol. The van der Waals surface area contributed by atoms with Gasteiger partial charge in [-0.2, -0.15) is 16.7 Å². The van der Waals surface area contributed by atoms with Gasteiger partial charge in [-0.05, 0) is 50.2 Å². The molecular formula is C21H30N4O2S2. The highest BCUT2D eigenvalue weighted by atomic mass is 32.2. The Labute approximate surface area is 180 Å². The van der Waals surface area contributed by atoms with Crippen LogP contribution in [-0.2, 0) is 11.3 Å². The molecule has 2 fully saturated rings. The number of hydrogen-bond acceptors (Lipinski definition) is 7. The highest BCUT2D eigenvalue weighted by Crippen LogP contribution is 2.28. The van der Waals surface area contributed by atoms with Gasteiger partial charge in [0.05, 0.1) is 11.4 Å². The third-order valence-corrected chi connectivity index (χ3v) is 8.08. The first-order valence-electron chi connectivity index (χ1n) is 10.8. The summed E-state index contributed by atoms with van der Waals surface area (Å²) in [5, 5.41) is 10.1. The summed E-state index contributed by atoms with van der Waals surface area (Å²) in [6, 6.07) is 3.98. The van der Waals surface area contributed by atoms with E-state index < -0.39 is 0 Å². The molecule has 0 unspecified atom stereocenters. The van der Waals surface area contributed by atoms with Gasteiger partial charge in [-0.3, -0.25) is 9.69 Å². The van der Waals surface area contributed by atoms with Crippen LogP contribution in [0.5, 0.6) is 0 Å². The number of hydrogen-bond donors (Lipinski definition) is 1. The highest BCUT2D eigenvalue weighted by molar-refractivity contribution is 7.99. The molecule has 1 aliphatic heterocycles. The lowest BCUT2D eigenvalue weighted by molar-refractivity contribution is -0.126. The largest absolute Gasteiger partial charge is 0.355 e. The number of aromatic nitrogens is 2. The van der Waals surface area contributed by atoms with Gasteiger partial charge in [-0.15, -0.1) is 11.3 Å². The third kappa shape index (κ3) is 6.06. The van der Waals surface area contributed by atoms with E-state index in [-0.39, 0.29) is 11.8 Å². The number of nitrogens with one attached hydrogen (secondary N) is 1. The molecule has 3 heterocycles. The number of thiophene rings is 1. The van der Waals surface area contributed by atoms with Crippen LogP contribution < -0.4 is 5.32 Å². The predicted octanol–water partition coefficient (Wildman–Crippen LogP) is 4.19. The number of thioether (sulfide) groups is 1. The van der Waals surface area contributed by atoms with Crippen molar-refractivity contribution in [3.05, 3.63) is 23.4 Å². The molecule has 1 aliphatic carbocycles. The van der Waals surface area contributed by atoms with E-state index in [4.69, 9.17) is 4.52 Å². The number of nitrogens with zero attached hydrogens (tertiary/aromatic N) is 3. The van der Waals surface area contributed by atoms with Gasteiger partial charge in [0.25, 0.3) is 0 Å². The van der Waals surface area contributed by atoms with Crippen molar-refractivity contribution in [2.24, 2.45) is 5.92 Å². The van der Waals surface area contributed by atoms with Crippen LogP contribution in [0.1, 0.15) is 50.8 Å². The third-order valence-electron chi connectivity index (χ3n) is 5.83. The van der Waals surface area contributed by atoms with Crippen LogP contribution in [0.25, 0.3) is 10.7 Å². The zero-order chi connectivity index (χ0) is 19.9. The predicted molar refractivity (Wildman–Crippen MR) is 118 cm³/mol. The van der Waals surface area contributed by atoms with E-state index in [9.17, 15) is 4.79 Å². The Morgan fingerprint density at radius 3 is 2.83 bits per heavy atom. The molecule has 2 aromatic rings. The molecule has 0 atom stereocenters. The quantitative estimate of drug-likeness (QED) is 0.628. The second kappa shape index (κ2) is 10.6. The van der Waals surface area contributed by atoms with Crippen molar-refractivity contribution in [2.45, 2.75) is 56.7 Å². The molecule has 8 heteroatoms. The number of amides is 1. The van der Waals surface area contributed by atoms with Gasteiger partial charge in [0.15, 0.2) is 0 Å². The van der Waals surface area contributed by atoms with Gasteiger partial charge in [-0.25, -0.2) is 0 Å². The number of piperidine rings is 1. The minimum atomic E-state index is 0.135. The van der Waals surface area contributed by atoms with Gasteiger partial charge in [-0.1, -0.05) is 30.5 Å². The van der Waals surface area contributed by atoms with Crippen LogP contribution in [-0.4, -0.2) is 51.6 Å². The number of likely N-dealkylation sites (tertiary alicyclic amines) is 1. The van der Waals surface area contributed by atoms with Crippen LogP contribution >= 0.6 is 23.1 Å². The minimum absolute atomic E-state index is 0.135. The molecule has 0 radical (unpaired) electrons. The Hall–Kier alpha value is -1.38. The molecule has 6 nitrogen and oxygen atoms in total. The smallest absolute Gasteiger partial charge is 0.241 e. The summed E-state index contributed by atoms with van der Waals surface area (Å²) < 4.78 is 5.40. The van der Waals surface area contributed by atoms with Crippen molar-refractivity contribution < 1.29 is 9.32 Å². The summed E-state index contributed by atoms with van der Waals surface area (Å²) in [5.41, 5.74) is 0. The van der Waals surface area contributed by atoms with E-state index in [1.807, 2.05) is 29.3 Å². The van der Waals surface area contributed by atoms with Crippen molar-refractivity contribution in [1.82, 2.24) is 20.4 Å². The Kier molecular flexibility index (Phi) is 7.62. The number of rotatable bonds is 8. The Morgan fingerprint density at radius 2 is 2.07 bits per heavy atom. The van der Waals surface area contributed by atoms with Crippen molar-refractivity contribution in [1.29, 1.82) is 0 Å². The summed E-state index contributed by atoms with van der Waals surface area (Å²) in [6.07, 6.45) is 8.65. The van der Waals surface area contributed by atoms with E-state index in [1.165, 1.54) is 32.1 Å². The molecule has 1 saturated heterocycles. The van der Waals surface area contributed by atoms with Crippen molar-refractivity contribution in [2.75, 3.05) is 25.4 Å². The number of carbonyl (C=O) groups is 1. The van der Waals surface area contributed by atoms with Crippen LogP contribution in [0.15, 0.2) is 22.0 Å². The maximum atomic E-state index is 12.5. The monoisotopic (exact) mass is 434 g/mol. The lowest BCUT2D eigenvalue weighted by atomic mass is 9.96. The first kappa shape index (κ1) is 20.9. The van der Waals surface area contributed by atoms with E-state index in [1.54, 1.807) is 11.3 Å². The van der Waals surface area contributed by atoms with Crippen LogP contribution in [0.4, 0.5) is 0 Å². The highest BCUT2D eigenvalue weighted by Gasteiger charge is 2.26. The van der Waals surface area contributed by atoms with E-state index in [0.717, 1.165) is 48.4 Å². The standard InChI is InChI=1S/C21H30N4O2S2/c26-21(22-10-14-28-17-5-2-1-3-6-17)16-8-11-25(12-9-16)15-19-23-20(24-27-19)18-7-4-13-29-18/h4,7,13,16-17H,1-3,5-6,8-12,14-15H2,(H,22,26). The zero-order valence-electron chi connectivity index (χ0n) is 16.8. The SMILES string of the molecule is O=C(NCCSC1CCCCC1)C1CCN(Cc2nc(-c3cccs3)no2)CC1. The molecule has 2 aliphatic rings.